The number of halogens is 2. The van der Waals surface area contributed by atoms with Crippen LogP contribution in [0.15, 0.2) is 29.8 Å². The van der Waals surface area contributed by atoms with Crippen molar-refractivity contribution in [2.45, 2.75) is 44.9 Å². The molecule has 2 aliphatic rings. The van der Waals surface area contributed by atoms with Crippen LogP contribution >= 0.6 is 0 Å². The molecule has 0 saturated heterocycles. The Hall–Kier alpha value is -1.66. The Labute approximate surface area is 140 Å². The SMILES string of the molecule is CCOCCC1=CCNC1c1ccc(OC(F)F)c(OC2CC2)c1. The molecule has 3 rings (SSSR count). The van der Waals surface area contributed by atoms with Crippen molar-refractivity contribution in [3.63, 3.8) is 0 Å². The third kappa shape index (κ3) is 4.45. The third-order valence-electron chi connectivity index (χ3n) is 4.13. The second-order valence-electron chi connectivity index (χ2n) is 5.97. The summed E-state index contributed by atoms with van der Waals surface area (Å²) in [6, 6.07) is 5.26. The Kier molecular flexibility index (Phi) is 5.68. The molecule has 1 fully saturated rings. The summed E-state index contributed by atoms with van der Waals surface area (Å²) in [6.45, 7) is 1.29. The number of nitrogens with one attached hydrogen (secondary N) is 1. The Balaban J connectivity index is 1.75. The van der Waals surface area contributed by atoms with Crippen molar-refractivity contribution < 1.29 is 23.0 Å². The van der Waals surface area contributed by atoms with Gasteiger partial charge in [-0.1, -0.05) is 12.1 Å². The molecular formula is C18H23F2NO3. The second kappa shape index (κ2) is 7.94. The lowest BCUT2D eigenvalue weighted by Gasteiger charge is -2.19. The average molecular weight is 339 g/mol. The smallest absolute Gasteiger partial charge is 0.387 e. The quantitative estimate of drug-likeness (QED) is 0.548. The molecule has 132 valence electrons. The summed E-state index contributed by atoms with van der Waals surface area (Å²) in [5, 5.41) is 3.41. The van der Waals surface area contributed by atoms with Crippen molar-refractivity contribution >= 4 is 0 Å². The van der Waals surface area contributed by atoms with Gasteiger partial charge >= 0.3 is 6.61 Å². The predicted octanol–water partition coefficient (Wildman–Crippen LogP) is 3.83. The molecule has 1 N–H and O–H groups in total. The van der Waals surface area contributed by atoms with E-state index in [1.807, 2.05) is 19.1 Å². The number of hydrogen-bond acceptors (Lipinski definition) is 4. The molecule has 0 radical (unpaired) electrons. The van der Waals surface area contributed by atoms with Crippen molar-refractivity contribution in [3.05, 3.63) is 35.4 Å². The summed E-state index contributed by atoms with van der Waals surface area (Å²) >= 11 is 0. The molecule has 1 saturated carbocycles. The highest BCUT2D eigenvalue weighted by atomic mass is 19.3. The van der Waals surface area contributed by atoms with E-state index in [9.17, 15) is 8.78 Å². The first kappa shape index (κ1) is 17.2. The zero-order chi connectivity index (χ0) is 16.9. The fraction of sp³-hybridized carbons (Fsp3) is 0.556. The van der Waals surface area contributed by atoms with Crippen molar-refractivity contribution in [2.24, 2.45) is 0 Å². The lowest BCUT2D eigenvalue weighted by molar-refractivity contribution is -0.0516. The monoisotopic (exact) mass is 339 g/mol. The summed E-state index contributed by atoms with van der Waals surface area (Å²) in [7, 11) is 0. The van der Waals surface area contributed by atoms with E-state index in [1.54, 1.807) is 6.07 Å². The van der Waals surface area contributed by atoms with Gasteiger partial charge in [-0.05, 0) is 49.5 Å². The summed E-state index contributed by atoms with van der Waals surface area (Å²) in [6.07, 6.45) is 5.04. The molecule has 6 heteroatoms. The maximum absolute atomic E-state index is 12.6. The second-order valence-corrected chi connectivity index (χ2v) is 5.97. The highest BCUT2D eigenvalue weighted by Gasteiger charge is 2.27. The summed E-state index contributed by atoms with van der Waals surface area (Å²) in [5.41, 5.74) is 2.25. The first-order valence-electron chi connectivity index (χ1n) is 8.43. The molecule has 1 aromatic rings. The maximum Gasteiger partial charge on any atom is 0.387 e. The van der Waals surface area contributed by atoms with E-state index < -0.39 is 6.61 Å². The van der Waals surface area contributed by atoms with E-state index in [4.69, 9.17) is 9.47 Å². The number of rotatable bonds is 9. The van der Waals surface area contributed by atoms with Crippen LogP contribution in [-0.2, 0) is 4.74 Å². The van der Waals surface area contributed by atoms with Gasteiger partial charge in [-0.25, -0.2) is 0 Å². The van der Waals surface area contributed by atoms with Crippen LogP contribution in [0.3, 0.4) is 0 Å². The Morgan fingerprint density at radius 1 is 1.25 bits per heavy atom. The van der Waals surface area contributed by atoms with Crippen LogP contribution in [-0.4, -0.2) is 32.5 Å². The predicted molar refractivity (Wildman–Crippen MR) is 86.7 cm³/mol. The van der Waals surface area contributed by atoms with Gasteiger partial charge in [0.05, 0.1) is 18.8 Å². The normalized spacial score (nSPS) is 20.3. The third-order valence-corrected chi connectivity index (χ3v) is 4.13. The summed E-state index contributed by atoms with van der Waals surface area (Å²) < 4.78 is 40.9. The molecule has 1 aromatic carbocycles. The molecule has 1 atom stereocenters. The maximum atomic E-state index is 12.6. The van der Waals surface area contributed by atoms with Gasteiger partial charge in [0.25, 0.3) is 0 Å². The topological polar surface area (TPSA) is 39.7 Å². The highest BCUT2D eigenvalue weighted by Crippen LogP contribution is 2.38. The van der Waals surface area contributed by atoms with E-state index >= 15 is 0 Å². The van der Waals surface area contributed by atoms with Gasteiger partial charge in [0.1, 0.15) is 0 Å². The van der Waals surface area contributed by atoms with Crippen molar-refractivity contribution in [1.82, 2.24) is 5.32 Å². The zero-order valence-corrected chi connectivity index (χ0v) is 13.8. The minimum absolute atomic E-state index is 0.0626. The van der Waals surface area contributed by atoms with Gasteiger partial charge in [0, 0.05) is 13.2 Å². The average Bonchev–Trinajstić information content (AvgIpc) is 3.24. The number of hydrogen-bond donors (Lipinski definition) is 1. The molecule has 24 heavy (non-hydrogen) atoms. The fourth-order valence-electron chi connectivity index (χ4n) is 2.82. The number of ether oxygens (including phenoxy) is 3. The van der Waals surface area contributed by atoms with Crippen LogP contribution in [0.25, 0.3) is 0 Å². The van der Waals surface area contributed by atoms with E-state index in [-0.39, 0.29) is 17.9 Å². The van der Waals surface area contributed by atoms with E-state index in [0.29, 0.717) is 19.0 Å². The van der Waals surface area contributed by atoms with Crippen LogP contribution in [0.4, 0.5) is 8.78 Å². The molecule has 1 unspecified atom stereocenters. The molecule has 4 nitrogen and oxygen atoms in total. The lowest BCUT2D eigenvalue weighted by atomic mass is 9.98. The highest BCUT2D eigenvalue weighted by molar-refractivity contribution is 5.46. The van der Waals surface area contributed by atoms with Gasteiger partial charge in [-0.2, -0.15) is 8.78 Å². The van der Waals surface area contributed by atoms with Crippen LogP contribution in [0.1, 0.15) is 37.8 Å². The molecular weight excluding hydrogens is 316 g/mol. The van der Waals surface area contributed by atoms with Crippen molar-refractivity contribution in [3.8, 4) is 11.5 Å². The van der Waals surface area contributed by atoms with E-state index in [2.05, 4.69) is 16.1 Å². The van der Waals surface area contributed by atoms with Crippen LogP contribution in [0.2, 0.25) is 0 Å². The van der Waals surface area contributed by atoms with Crippen LogP contribution in [0.5, 0.6) is 11.5 Å². The van der Waals surface area contributed by atoms with Crippen molar-refractivity contribution in [2.75, 3.05) is 19.8 Å². The number of alkyl halides is 2. The fourth-order valence-corrected chi connectivity index (χ4v) is 2.82. The van der Waals surface area contributed by atoms with E-state index in [1.165, 1.54) is 5.57 Å². The van der Waals surface area contributed by atoms with Gasteiger partial charge in [-0.15, -0.1) is 0 Å². The molecule has 0 bridgehead atoms. The molecule has 1 aliphatic carbocycles. The summed E-state index contributed by atoms with van der Waals surface area (Å²) in [5.74, 6) is 0.492. The Bertz CT molecular complexity index is 588. The first-order valence-corrected chi connectivity index (χ1v) is 8.43. The van der Waals surface area contributed by atoms with E-state index in [0.717, 1.165) is 31.4 Å². The van der Waals surface area contributed by atoms with Crippen molar-refractivity contribution in [1.29, 1.82) is 0 Å². The van der Waals surface area contributed by atoms with Crippen LogP contribution in [0, 0.1) is 0 Å². The lowest BCUT2D eigenvalue weighted by Crippen LogP contribution is -2.17. The molecule has 0 amide bonds. The van der Waals surface area contributed by atoms with Gasteiger partial charge < -0.3 is 19.5 Å². The molecule has 0 aromatic heterocycles. The Morgan fingerprint density at radius 2 is 2.08 bits per heavy atom. The largest absolute Gasteiger partial charge is 0.487 e. The summed E-state index contributed by atoms with van der Waals surface area (Å²) in [4.78, 5) is 0. The standard InChI is InChI=1S/C18H23F2NO3/c1-2-22-10-8-12-7-9-21-17(12)13-3-6-15(24-18(19)20)16(11-13)23-14-4-5-14/h3,6-7,11,14,17-18,21H,2,4-5,8-10H2,1H3. The number of benzene rings is 1. The van der Waals surface area contributed by atoms with Crippen LogP contribution < -0.4 is 14.8 Å². The Morgan fingerprint density at radius 3 is 2.79 bits per heavy atom. The minimum atomic E-state index is -2.86. The minimum Gasteiger partial charge on any atom is -0.487 e. The zero-order valence-electron chi connectivity index (χ0n) is 13.8. The molecule has 1 aliphatic heterocycles. The molecule has 0 spiro atoms. The first-order chi connectivity index (χ1) is 11.7. The molecule has 1 heterocycles. The van der Waals surface area contributed by atoms with Gasteiger partial charge in [0.15, 0.2) is 11.5 Å². The van der Waals surface area contributed by atoms with Gasteiger partial charge in [-0.3, -0.25) is 0 Å². The van der Waals surface area contributed by atoms with Gasteiger partial charge in [0.2, 0.25) is 0 Å².